The van der Waals surface area contributed by atoms with E-state index in [1.165, 1.54) is 32.8 Å². The lowest BCUT2D eigenvalue weighted by atomic mass is 9.99. The van der Waals surface area contributed by atoms with Crippen molar-refractivity contribution in [1.29, 1.82) is 0 Å². The number of methoxy groups -OCH3 is 1. The highest BCUT2D eigenvalue weighted by atomic mass is 16.7. The van der Waals surface area contributed by atoms with Crippen molar-refractivity contribution >= 4 is 5.97 Å². The Bertz CT molecular complexity index is 367. The predicted octanol–water partition coefficient (Wildman–Crippen LogP) is 2.09. The fraction of sp³-hybridized carbons (Fsp3) is 0.938. The van der Waals surface area contributed by atoms with Crippen LogP contribution >= 0.6 is 0 Å². The van der Waals surface area contributed by atoms with Crippen LogP contribution in [0, 0.1) is 0 Å². The monoisotopic (exact) mass is 297 g/mol. The molecule has 0 bridgehead atoms. The number of carbonyl (C=O) groups excluding carboxylic acids is 1. The van der Waals surface area contributed by atoms with Gasteiger partial charge in [-0.3, -0.25) is 9.69 Å². The van der Waals surface area contributed by atoms with E-state index in [0.717, 1.165) is 32.4 Å². The first-order valence-corrected chi connectivity index (χ1v) is 8.33. The minimum absolute atomic E-state index is 0.109. The molecule has 5 nitrogen and oxygen atoms in total. The van der Waals surface area contributed by atoms with Gasteiger partial charge >= 0.3 is 5.97 Å². The Balaban J connectivity index is 1.54. The third-order valence-electron chi connectivity index (χ3n) is 5.10. The molecule has 2 saturated heterocycles. The van der Waals surface area contributed by atoms with E-state index in [2.05, 4.69) is 4.90 Å². The molecule has 3 rings (SSSR count). The van der Waals surface area contributed by atoms with Crippen molar-refractivity contribution in [3.05, 3.63) is 0 Å². The Morgan fingerprint density at radius 2 is 2.10 bits per heavy atom. The second-order valence-electron chi connectivity index (χ2n) is 6.59. The molecular formula is C16H27NO4. The molecule has 2 heterocycles. The van der Waals surface area contributed by atoms with Crippen molar-refractivity contribution in [2.45, 2.75) is 69.3 Å². The zero-order valence-corrected chi connectivity index (χ0v) is 13.0. The van der Waals surface area contributed by atoms with E-state index >= 15 is 0 Å². The quantitative estimate of drug-likeness (QED) is 0.744. The van der Waals surface area contributed by atoms with Crippen LogP contribution in [-0.4, -0.2) is 55.6 Å². The SMILES string of the molecule is COC(=O)CC1CCCCN1CC1COC2(CCCC2)O1. The van der Waals surface area contributed by atoms with Gasteiger partial charge in [-0.1, -0.05) is 6.42 Å². The Morgan fingerprint density at radius 3 is 2.86 bits per heavy atom. The molecule has 0 aromatic rings. The fourth-order valence-corrected chi connectivity index (χ4v) is 3.95. The number of carbonyl (C=O) groups is 1. The van der Waals surface area contributed by atoms with Crippen molar-refractivity contribution in [2.75, 3.05) is 26.8 Å². The van der Waals surface area contributed by atoms with Crippen LogP contribution < -0.4 is 0 Å². The molecule has 0 aromatic heterocycles. The highest BCUT2D eigenvalue weighted by Crippen LogP contribution is 2.39. The molecule has 0 N–H and O–H groups in total. The van der Waals surface area contributed by atoms with Gasteiger partial charge in [-0.05, 0) is 32.2 Å². The Morgan fingerprint density at radius 1 is 1.29 bits per heavy atom. The van der Waals surface area contributed by atoms with Crippen molar-refractivity contribution in [2.24, 2.45) is 0 Å². The maximum absolute atomic E-state index is 11.6. The maximum Gasteiger partial charge on any atom is 0.307 e. The zero-order chi connectivity index (χ0) is 14.7. The summed E-state index contributed by atoms with van der Waals surface area (Å²) in [5.41, 5.74) is 0. The van der Waals surface area contributed by atoms with Crippen LogP contribution in [0.5, 0.6) is 0 Å². The lowest BCUT2D eigenvalue weighted by molar-refractivity contribution is -0.164. The van der Waals surface area contributed by atoms with Crippen LogP contribution in [0.3, 0.4) is 0 Å². The van der Waals surface area contributed by atoms with E-state index in [4.69, 9.17) is 14.2 Å². The summed E-state index contributed by atoms with van der Waals surface area (Å²) >= 11 is 0. The lowest BCUT2D eigenvalue weighted by Gasteiger charge is -2.36. The van der Waals surface area contributed by atoms with Crippen LogP contribution in [0.25, 0.3) is 0 Å². The number of piperidine rings is 1. The van der Waals surface area contributed by atoms with Crippen LogP contribution in [-0.2, 0) is 19.0 Å². The molecule has 0 radical (unpaired) electrons. The first kappa shape index (κ1) is 15.3. The molecule has 3 aliphatic rings. The van der Waals surface area contributed by atoms with E-state index in [-0.39, 0.29) is 17.9 Å². The maximum atomic E-state index is 11.6. The first-order valence-electron chi connectivity index (χ1n) is 8.33. The molecule has 120 valence electrons. The Kier molecular flexibility index (Phi) is 4.82. The molecule has 5 heteroatoms. The molecule has 0 aromatic carbocycles. The van der Waals surface area contributed by atoms with Gasteiger partial charge in [0.25, 0.3) is 0 Å². The van der Waals surface area contributed by atoms with Gasteiger partial charge in [0.05, 0.1) is 26.2 Å². The smallest absolute Gasteiger partial charge is 0.307 e. The van der Waals surface area contributed by atoms with Crippen LogP contribution in [0.4, 0.5) is 0 Å². The molecule has 3 fully saturated rings. The number of esters is 1. The fourth-order valence-electron chi connectivity index (χ4n) is 3.95. The highest BCUT2D eigenvalue weighted by molar-refractivity contribution is 5.69. The third kappa shape index (κ3) is 3.58. The molecule has 2 unspecified atom stereocenters. The zero-order valence-electron chi connectivity index (χ0n) is 13.0. The summed E-state index contributed by atoms with van der Waals surface area (Å²) in [7, 11) is 1.47. The molecule has 2 atom stereocenters. The van der Waals surface area contributed by atoms with Gasteiger partial charge in [-0.15, -0.1) is 0 Å². The van der Waals surface area contributed by atoms with E-state index in [9.17, 15) is 4.79 Å². The minimum Gasteiger partial charge on any atom is -0.469 e. The largest absolute Gasteiger partial charge is 0.469 e. The van der Waals surface area contributed by atoms with Crippen LogP contribution in [0.1, 0.15) is 51.4 Å². The van der Waals surface area contributed by atoms with E-state index < -0.39 is 0 Å². The number of nitrogens with zero attached hydrogens (tertiary/aromatic N) is 1. The van der Waals surface area contributed by atoms with Gasteiger partial charge in [-0.25, -0.2) is 0 Å². The molecule has 0 amide bonds. The normalized spacial score (nSPS) is 32.6. The van der Waals surface area contributed by atoms with Crippen LogP contribution in [0.15, 0.2) is 0 Å². The molecule has 2 aliphatic heterocycles. The second kappa shape index (κ2) is 6.63. The summed E-state index contributed by atoms with van der Waals surface area (Å²) in [5, 5.41) is 0. The predicted molar refractivity (Wildman–Crippen MR) is 77.9 cm³/mol. The average Bonchev–Trinajstić information content (AvgIpc) is 3.11. The Hall–Kier alpha value is -0.650. The summed E-state index contributed by atoms with van der Waals surface area (Å²) in [5.74, 6) is -0.388. The molecule has 21 heavy (non-hydrogen) atoms. The summed E-state index contributed by atoms with van der Waals surface area (Å²) < 4.78 is 17.0. The average molecular weight is 297 g/mol. The van der Waals surface area contributed by atoms with Gasteiger partial charge < -0.3 is 14.2 Å². The molecular weight excluding hydrogens is 270 g/mol. The first-order chi connectivity index (χ1) is 10.2. The van der Waals surface area contributed by atoms with Crippen molar-refractivity contribution in [3.8, 4) is 0 Å². The van der Waals surface area contributed by atoms with Crippen molar-refractivity contribution in [1.82, 2.24) is 4.90 Å². The van der Waals surface area contributed by atoms with Gasteiger partial charge in [0.2, 0.25) is 0 Å². The van der Waals surface area contributed by atoms with Crippen molar-refractivity contribution < 1.29 is 19.0 Å². The van der Waals surface area contributed by atoms with Gasteiger partial charge in [0.15, 0.2) is 5.79 Å². The van der Waals surface area contributed by atoms with Gasteiger partial charge in [0, 0.05) is 25.4 Å². The topological polar surface area (TPSA) is 48.0 Å². The van der Waals surface area contributed by atoms with E-state index in [0.29, 0.717) is 19.1 Å². The standard InChI is InChI=1S/C16H27NO4/c1-19-15(18)10-13-6-2-5-9-17(13)11-14-12-20-16(21-14)7-3-4-8-16/h13-14H,2-12H2,1H3. The number of rotatable bonds is 4. The van der Waals surface area contributed by atoms with Gasteiger partial charge in [0.1, 0.15) is 0 Å². The number of hydrogen-bond donors (Lipinski definition) is 0. The molecule has 1 saturated carbocycles. The summed E-state index contributed by atoms with van der Waals surface area (Å²) in [6, 6.07) is 0.301. The Labute approximate surface area is 126 Å². The summed E-state index contributed by atoms with van der Waals surface area (Å²) in [6.07, 6.45) is 8.62. The third-order valence-corrected chi connectivity index (χ3v) is 5.10. The lowest BCUT2D eigenvalue weighted by Crippen LogP contribution is -2.45. The number of ether oxygens (including phenoxy) is 3. The number of likely N-dealkylation sites (tertiary alicyclic amines) is 1. The van der Waals surface area contributed by atoms with Crippen molar-refractivity contribution in [3.63, 3.8) is 0 Å². The second-order valence-corrected chi connectivity index (χ2v) is 6.59. The van der Waals surface area contributed by atoms with E-state index in [1.54, 1.807) is 0 Å². The molecule has 1 aliphatic carbocycles. The molecule has 1 spiro atoms. The van der Waals surface area contributed by atoms with Gasteiger partial charge in [-0.2, -0.15) is 0 Å². The highest BCUT2D eigenvalue weighted by Gasteiger charge is 2.44. The number of hydrogen-bond acceptors (Lipinski definition) is 5. The summed E-state index contributed by atoms with van der Waals surface area (Å²) in [4.78, 5) is 14.0. The van der Waals surface area contributed by atoms with Crippen LogP contribution in [0.2, 0.25) is 0 Å². The minimum atomic E-state index is -0.279. The van der Waals surface area contributed by atoms with E-state index in [1.807, 2.05) is 0 Å². The summed E-state index contributed by atoms with van der Waals surface area (Å²) in [6.45, 7) is 2.62.